The van der Waals surface area contributed by atoms with Crippen LogP contribution in [0.1, 0.15) is 12.0 Å². The van der Waals surface area contributed by atoms with E-state index in [2.05, 4.69) is 46.6 Å². The van der Waals surface area contributed by atoms with E-state index >= 15 is 0 Å². The molecule has 1 heterocycles. The molecule has 0 saturated heterocycles. The maximum atomic E-state index is 12.5. The summed E-state index contributed by atoms with van der Waals surface area (Å²) in [5.41, 5.74) is 4.29. The number of carbonyl (C=O) groups excluding carboxylic acids is 1. The van der Waals surface area contributed by atoms with Crippen molar-refractivity contribution in [2.45, 2.75) is 23.1 Å². The number of benzene rings is 3. The molecule has 0 fully saturated rings. The minimum Gasteiger partial charge on any atom is -0.339 e. The quantitative estimate of drug-likeness (QED) is 0.655. The molecule has 26 heavy (non-hydrogen) atoms. The number of hydrogen-bond donors (Lipinski definition) is 1. The number of para-hydroxylation sites is 3. The van der Waals surface area contributed by atoms with Crippen LogP contribution in [0.5, 0.6) is 0 Å². The van der Waals surface area contributed by atoms with Crippen LogP contribution in [-0.4, -0.2) is 12.5 Å². The predicted molar refractivity (Wildman–Crippen MR) is 108 cm³/mol. The molecule has 0 saturated carbocycles. The molecule has 1 aliphatic rings. The van der Waals surface area contributed by atoms with E-state index in [1.54, 1.807) is 11.8 Å². The maximum absolute atomic E-state index is 12.5. The molecule has 1 amide bonds. The van der Waals surface area contributed by atoms with Gasteiger partial charge in [-0.3, -0.25) is 4.79 Å². The zero-order chi connectivity index (χ0) is 17.9. The minimum absolute atomic E-state index is 0.0347. The minimum atomic E-state index is 0.0347. The third-order valence-corrected chi connectivity index (χ3v) is 5.64. The fraction of sp³-hybridized carbons (Fsp3) is 0.136. The molecule has 0 aromatic heterocycles. The smallest absolute Gasteiger partial charge is 0.226 e. The fourth-order valence-electron chi connectivity index (χ4n) is 3.16. The molecular weight excluding hydrogens is 340 g/mol. The number of nitrogens with one attached hydrogen (secondary N) is 1. The van der Waals surface area contributed by atoms with Crippen molar-refractivity contribution in [1.29, 1.82) is 0 Å². The second kappa shape index (κ2) is 7.26. The lowest BCUT2D eigenvalue weighted by atomic mass is 10.2. The Morgan fingerprint density at radius 2 is 1.46 bits per heavy atom. The number of carbonyl (C=O) groups is 1. The molecular formula is C22H20N2OS. The largest absolute Gasteiger partial charge is 0.339 e. The lowest BCUT2D eigenvalue weighted by Crippen LogP contribution is -2.26. The van der Waals surface area contributed by atoms with Crippen LogP contribution >= 0.6 is 11.8 Å². The van der Waals surface area contributed by atoms with E-state index < -0.39 is 0 Å². The highest BCUT2D eigenvalue weighted by Crippen LogP contribution is 2.47. The molecule has 0 atom stereocenters. The van der Waals surface area contributed by atoms with Crippen LogP contribution in [0.3, 0.4) is 0 Å². The standard InChI is InChI=1S/C22H20N2OS/c1-16-8-2-3-9-17(16)23-22(25)14-15-24-18-10-4-6-12-20(18)26-21-13-7-5-11-19(21)24/h2-13H,14-15H2,1H3,(H,23,25). The zero-order valence-electron chi connectivity index (χ0n) is 14.6. The van der Waals surface area contributed by atoms with Crippen molar-refractivity contribution >= 4 is 34.7 Å². The van der Waals surface area contributed by atoms with Crippen molar-refractivity contribution in [3.05, 3.63) is 78.4 Å². The van der Waals surface area contributed by atoms with Gasteiger partial charge in [0.05, 0.1) is 11.4 Å². The Bertz CT molecular complexity index is 909. The van der Waals surface area contributed by atoms with E-state index in [1.807, 2.05) is 43.3 Å². The van der Waals surface area contributed by atoms with Crippen molar-refractivity contribution in [1.82, 2.24) is 0 Å². The Labute approximate surface area is 158 Å². The van der Waals surface area contributed by atoms with E-state index in [0.29, 0.717) is 13.0 Å². The molecule has 4 heteroatoms. The highest BCUT2D eigenvalue weighted by Gasteiger charge is 2.23. The lowest BCUT2D eigenvalue weighted by molar-refractivity contribution is -0.116. The van der Waals surface area contributed by atoms with Gasteiger partial charge in [-0.25, -0.2) is 0 Å². The summed E-state index contributed by atoms with van der Waals surface area (Å²) in [6.45, 7) is 2.65. The molecule has 3 aromatic carbocycles. The summed E-state index contributed by atoms with van der Waals surface area (Å²) in [7, 11) is 0. The highest BCUT2D eigenvalue weighted by atomic mass is 32.2. The van der Waals surface area contributed by atoms with Gasteiger partial charge in [0.1, 0.15) is 0 Å². The summed E-state index contributed by atoms with van der Waals surface area (Å²) in [6, 6.07) is 24.6. The van der Waals surface area contributed by atoms with Crippen LogP contribution in [0.15, 0.2) is 82.6 Å². The Morgan fingerprint density at radius 3 is 2.12 bits per heavy atom. The fourth-order valence-corrected chi connectivity index (χ4v) is 4.26. The first kappa shape index (κ1) is 16.7. The average Bonchev–Trinajstić information content (AvgIpc) is 2.67. The third-order valence-electron chi connectivity index (χ3n) is 4.51. The lowest BCUT2D eigenvalue weighted by Gasteiger charge is -2.32. The topological polar surface area (TPSA) is 32.3 Å². The Morgan fingerprint density at radius 1 is 0.885 bits per heavy atom. The summed E-state index contributed by atoms with van der Waals surface area (Å²) < 4.78 is 0. The first-order valence-electron chi connectivity index (χ1n) is 8.71. The van der Waals surface area contributed by atoms with Gasteiger partial charge in [0, 0.05) is 28.4 Å². The second-order valence-electron chi connectivity index (χ2n) is 6.30. The van der Waals surface area contributed by atoms with Crippen LogP contribution in [-0.2, 0) is 4.79 Å². The van der Waals surface area contributed by atoms with Gasteiger partial charge in [-0.15, -0.1) is 0 Å². The molecule has 3 nitrogen and oxygen atoms in total. The van der Waals surface area contributed by atoms with Gasteiger partial charge >= 0.3 is 0 Å². The van der Waals surface area contributed by atoms with E-state index in [0.717, 1.165) is 11.3 Å². The second-order valence-corrected chi connectivity index (χ2v) is 7.39. The molecule has 0 spiro atoms. The Kier molecular flexibility index (Phi) is 4.67. The van der Waals surface area contributed by atoms with Crippen LogP contribution in [0.4, 0.5) is 17.1 Å². The monoisotopic (exact) mass is 360 g/mol. The average molecular weight is 360 g/mol. The third kappa shape index (κ3) is 3.33. The molecule has 1 N–H and O–H groups in total. The first-order valence-corrected chi connectivity index (χ1v) is 9.53. The normalized spacial score (nSPS) is 12.3. The van der Waals surface area contributed by atoms with Crippen LogP contribution < -0.4 is 10.2 Å². The highest BCUT2D eigenvalue weighted by molar-refractivity contribution is 7.99. The molecule has 130 valence electrons. The van der Waals surface area contributed by atoms with Gasteiger partial charge in [-0.2, -0.15) is 0 Å². The zero-order valence-corrected chi connectivity index (χ0v) is 15.4. The van der Waals surface area contributed by atoms with E-state index in [-0.39, 0.29) is 5.91 Å². The number of rotatable bonds is 4. The Balaban J connectivity index is 1.53. The first-order chi connectivity index (χ1) is 12.7. The summed E-state index contributed by atoms with van der Waals surface area (Å²) in [6.07, 6.45) is 0.432. The van der Waals surface area contributed by atoms with Gasteiger partial charge in [0.25, 0.3) is 0 Å². The van der Waals surface area contributed by atoms with Gasteiger partial charge < -0.3 is 10.2 Å². The van der Waals surface area contributed by atoms with Gasteiger partial charge in [0.2, 0.25) is 5.91 Å². The predicted octanol–water partition coefficient (Wildman–Crippen LogP) is 5.63. The van der Waals surface area contributed by atoms with E-state index in [1.165, 1.54) is 21.2 Å². The molecule has 0 bridgehead atoms. The van der Waals surface area contributed by atoms with Gasteiger partial charge in [0.15, 0.2) is 0 Å². The number of amides is 1. The van der Waals surface area contributed by atoms with Crippen molar-refractivity contribution in [2.24, 2.45) is 0 Å². The van der Waals surface area contributed by atoms with Crippen molar-refractivity contribution in [2.75, 3.05) is 16.8 Å². The van der Waals surface area contributed by atoms with Crippen molar-refractivity contribution < 1.29 is 4.79 Å². The van der Waals surface area contributed by atoms with Crippen molar-refractivity contribution in [3.63, 3.8) is 0 Å². The number of hydrogen-bond acceptors (Lipinski definition) is 3. The molecule has 3 aromatic rings. The van der Waals surface area contributed by atoms with Gasteiger partial charge in [-0.05, 0) is 42.8 Å². The maximum Gasteiger partial charge on any atom is 0.226 e. The van der Waals surface area contributed by atoms with Gasteiger partial charge in [-0.1, -0.05) is 54.2 Å². The molecule has 4 rings (SSSR count). The van der Waals surface area contributed by atoms with E-state index in [4.69, 9.17) is 0 Å². The SMILES string of the molecule is Cc1ccccc1NC(=O)CCN1c2ccccc2Sc2ccccc21. The number of aryl methyl sites for hydroxylation is 1. The summed E-state index contributed by atoms with van der Waals surface area (Å²) in [4.78, 5) is 17.2. The summed E-state index contributed by atoms with van der Waals surface area (Å²) >= 11 is 1.78. The molecule has 0 unspecified atom stereocenters. The van der Waals surface area contributed by atoms with Crippen LogP contribution in [0, 0.1) is 6.92 Å². The molecule has 0 radical (unpaired) electrons. The van der Waals surface area contributed by atoms with Crippen molar-refractivity contribution in [3.8, 4) is 0 Å². The molecule has 0 aliphatic carbocycles. The number of fused-ring (bicyclic) bond motifs is 2. The summed E-state index contributed by atoms with van der Waals surface area (Å²) in [5, 5.41) is 3.03. The van der Waals surface area contributed by atoms with Crippen LogP contribution in [0.25, 0.3) is 0 Å². The Hall–Kier alpha value is -2.72. The number of anilines is 3. The van der Waals surface area contributed by atoms with E-state index in [9.17, 15) is 4.79 Å². The van der Waals surface area contributed by atoms with Crippen LogP contribution in [0.2, 0.25) is 0 Å². The number of nitrogens with zero attached hydrogens (tertiary/aromatic N) is 1. The molecule has 1 aliphatic heterocycles. The summed E-state index contributed by atoms with van der Waals surface area (Å²) in [5.74, 6) is 0.0347.